The Morgan fingerprint density at radius 2 is 2.06 bits per heavy atom. The van der Waals surface area contributed by atoms with Crippen molar-refractivity contribution in [1.29, 1.82) is 0 Å². The molecule has 0 spiro atoms. The number of halogens is 3. The Bertz CT molecular complexity index is 329. The third kappa shape index (κ3) is 2.96. The summed E-state index contributed by atoms with van der Waals surface area (Å²) in [7, 11) is 0. The molecule has 0 bridgehead atoms. The van der Waals surface area contributed by atoms with Crippen molar-refractivity contribution in [3.8, 4) is 0 Å². The maximum absolute atomic E-state index is 12.0. The van der Waals surface area contributed by atoms with Crippen molar-refractivity contribution in [3.05, 3.63) is 0 Å². The van der Waals surface area contributed by atoms with Crippen LogP contribution in [0.2, 0.25) is 0 Å². The lowest BCUT2D eigenvalue weighted by atomic mass is 9.83. The summed E-state index contributed by atoms with van der Waals surface area (Å²) in [5.41, 5.74) is 4.58. The van der Waals surface area contributed by atoms with Crippen LogP contribution in [-0.2, 0) is 14.3 Å². The van der Waals surface area contributed by atoms with Gasteiger partial charge in [0, 0.05) is 6.04 Å². The van der Waals surface area contributed by atoms with E-state index < -0.39 is 23.5 Å². The predicted molar refractivity (Wildman–Crippen MR) is 51.7 cm³/mol. The highest BCUT2D eigenvalue weighted by atomic mass is 19.4. The lowest BCUT2D eigenvalue weighted by molar-refractivity contribution is -0.205. The van der Waals surface area contributed by atoms with Crippen LogP contribution in [0.5, 0.6) is 0 Å². The zero-order valence-electron chi connectivity index (χ0n) is 9.34. The second kappa shape index (κ2) is 4.64. The molecule has 1 aliphatic rings. The summed E-state index contributed by atoms with van der Waals surface area (Å²) in [6, 6.07) is -0.233. The number of ether oxygens (including phenoxy) is 1. The van der Waals surface area contributed by atoms with Crippen molar-refractivity contribution in [2.24, 2.45) is 11.1 Å². The molecule has 0 aromatic heterocycles. The average molecular weight is 253 g/mol. The van der Waals surface area contributed by atoms with E-state index in [0.29, 0.717) is 19.3 Å². The minimum atomic E-state index is -5.15. The van der Waals surface area contributed by atoms with Gasteiger partial charge in [0.2, 0.25) is 0 Å². The number of carbonyl (C=O) groups is 2. The molecule has 0 unspecified atom stereocenters. The molecule has 0 heterocycles. The quantitative estimate of drug-likeness (QED) is 0.598. The van der Waals surface area contributed by atoms with Gasteiger partial charge in [0.1, 0.15) is 0 Å². The van der Waals surface area contributed by atoms with Gasteiger partial charge in [-0.25, -0.2) is 4.79 Å². The number of alkyl halides is 3. The topological polar surface area (TPSA) is 69.4 Å². The van der Waals surface area contributed by atoms with Gasteiger partial charge >= 0.3 is 18.1 Å². The Labute approximate surface area is 96.3 Å². The molecule has 4 nitrogen and oxygen atoms in total. The summed E-state index contributed by atoms with van der Waals surface area (Å²) in [5.74, 6) is -3.58. The molecule has 1 aliphatic carbocycles. The zero-order valence-corrected chi connectivity index (χ0v) is 9.34. The predicted octanol–water partition coefficient (Wildman–Crippen LogP) is 1.53. The Morgan fingerprint density at radius 3 is 2.41 bits per heavy atom. The second-order valence-corrected chi connectivity index (χ2v) is 4.31. The standard InChI is InChI=1S/C10H14F3NO3/c1-2-9(4-3-6(14)5-9)7(15)17-8(16)10(11,12)13/h6H,2-5,14H2,1H3/t6-,9+/m0/s1. The molecule has 0 radical (unpaired) electrons. The fourth-order valence-electron chi connectivity index (χ4n) is 2.07. The van der Waals surface area contributed by atoms with E-state index in [9.17, 15) is 22.8 Å². The summed E-state index contributed by atoms with van der Waals surface area (Å²) < 4.78 is 39.7. The first-order valence-corrected chi connectivity index (χ1v) is 5.30. The molecule has 0 aromatic carbocycles. The first-order valence-electron chi connectivity index (χ1n) is 5.30. The molecule has 0 saturated heterocycles. The van der Waals surface area contributed by atoms with Gasteiger partial charge in [-0.2, -0.15) is 13.2 Å². The second-order valence-electron chi connectivity index (χ2n) is 4.31. The molecule has 7 heteroatoms. The van der Waals surface area contributed by atoms with Crippen molar-refractivity contribution < 1.29 is 27.5 Å². The van der Waals surface area contributed by atoms with Crippen LogP contribution in [0.15, 0.2) is 0 Å². The van der Waals surface area contributed by atoms with Crippen LogP contribution in [0.3, 0.4) is 0 Å². The maximum atomic E-state index is 12.0. The largest absolute Gasteiger partial charge is 0.491 e. The van der Waals surface area contributed by atoms with Gasteiger partial charge in [-0.15, -0.1) is 0 Å². The molecule has 98 valence electrons. The van der Waals surface area contributed by atoms with Gasteiger partial charge in [-0.05, 0) is 25.7 Å². The summed E-state index contributed by atoms with van der Waals surface area (Å²) in [6.07, 6.45) is -3.68. The molecule has 2 N–H and O–H groups in total. The Kier molecular flexibility index (Phi) is 3.81. The first-order chi connectivity index (χ1) is 7.71. The molecular formula is C10H14F3NO3. The third-order valence-corrected chi connectivity index (χ3v) is 3.17. The van der Waals surface area contributed by atoms with E-state index in [2.05, 4.69) is 4.74 Å². The minimum Gasteiger partial charge on any atom is -0.386 e. The van der Waals surface area contributed by atoms with Crippen LogP contribution < -0.4 is 5.73 Å². The average Bonchev–Trinajstić information content (AvgIpc) is 2.60. The Hall–Kier alpha value is -1.11. The monoisotopic (exact) mass is 253 g/mol. The molecule has 2 atom stereocenters. The SMILES string of the molecule is CC[C@@]1(C(=O)OC(=O)C(F)(F)F)CC[C@H](N)C1. The summed E-state index contributed by atoms with van der Waals surface area (Å²) in [4.78, 5) is 22.2. The third-order valence-electron chi connectivity index (χ3n) is 3.17. The molecule has 1 rings (SSSR count). The number of rotatable bonds is 2. The van der Waals surface area contributed by atoms with Crippen LogP contribution in [-0.4, -0.2) is 24.2 Å². The van der Waals surface area contributed by atoms with E-state index in [1.807, 2.05) is 0 Å². The van der Waals surface area contributed by atoms with Gasteiger partial charge < -0.3 is 10.5 Å². The van der Waals surface area contributed by atoms with Crippen molar-refractivity contribution in [3.63, 3.8) is 0 Å². The van der Waals surface area contributed by atoms with E-state index >= 15 is 0 Å². The van der Waals surface area contributed by atoms with Gasteiger partial charge in [0.25, 0.3) is 0 Å². The van der Waals surface area contributed by atoms with Crippen LogP contribution in [0.4, 0.5) is 13.2 Å². The van der Waals surface area contributed by atoms with Gasteiger partial charge in [-0.1, -0.05) is 6.92 Å². The van der Waals surface area contributed by atoms with Gasteiger partial charge in [0.05, 0.1) is 5.41 Å². The van der Waals surface area contributed by atoms with E-state index in [-0.39, 0.29) is 12.5 Å². The fourth-order valence-corrected chi connectivity index (χ4v) is 2.07. The Balaban J connectivity index is 2.72. The first kappa shape index (κ1) is 14.0. The molecule has 0 aliphatic heterocycles. The van der Waals surface area contributed by atoms with E-state index in [0.717, 1.165) is 0 Å². The van der Waals surface area contributed by atoms with E-state index in [4.69, 9.17) is 5.73 Å². The van der Waals surface area contributed by atoms with Crippen LogP contribution >= 0.6 is 0 Å². The van der Waals surface area contributed by atoms with Crippen LogP contribution in [0, 0.1) is 5.41 Å². The summed E-state index contributed by atoms with van der Waals surface area (Å²) in [6.45, 7) is 1.66. The van der Waals surface area contributed by atoms with E-state index in [1.54, 1.807) is 6.92 Å². The molecule has 1 fully saturated rings. The van der Waals surface area contributed by atoms with Crippen molar-refractivity contribution in [2.75, 3.05) is 0 Å². The van der Waals surface area contributed by atoms with Crippen LogP contribution in [0.25, 0.3) is 0 Å². The maximum Gasteiger partial charge on any atom is 0.491 e. The Morgan fingerprint density at radius 1 is 1.47 bits per heavy atom. The molecular weight excluding hydrogens is 239 g/mol. The van der Waals surface area contributed by atoms with Crippen molar-refractivity contribution in [2.45, 2.75) is 44.8 Å². The van der Waals surface area contributed by atoms with Crippen LogP contribution in [0.1, 0.15) is 32.6 Å². The normalized spacial score (nSPS) is 29.1. The fraction of sp³-hybridized carbons (Fsp3) is 0.800. The number of carbonyl (C=O) groups excluding carboxylic acids is 2. The number of hydrogen-bond acceptors (Lipinski definition) is 4. The molecule has 0 aromatic rings. The minimum absolute atomic E-state index is 0.233. The summed E-state index contributed by atoms with van der Waals surface area (Å²) in [5, 5.41) is 0. The molecule has 17 heavy (non-hydrogen) atoms. The smallest absolute Gasteiger partial charge is 0.386 e. The highest BCUT2D eigenvalue weighted by Gasteiger charge is 2.49. The molecule has 0 amide bonds. The zero-order chi connectivity index (χ0) is 13.3. The number of esters is 2. The summed E-state index contributed by atoms with van der Waals surface area (Å²) >= 11 is 0. The van der Waals surface area contributed by atoms with Gasteiger partial charge in [0.15, 0.2) is 0 Å². The number of hydrogen-bond donors (Lipinski definition) is 1. The lowest BCUT2D eigenvalue weighted by Gasteiger charge is -2.24. The van der Waals surface area contributed by atoms with Crippen molar-refractivity contribution >= 4 is 11.9 Å². The highest BCUT2D eigenvalue weighted by Crippen LogP contribution is 2.41. The van der Waals surface area contributed by atoms with Crippen molar-refractivity contribution in [1.82, 2.24) is 0 Å². The highest BCUT2D eigenvalue weighted by molar-refractivity contribution is 5.91. The van der Waals surface area contributed by atoms with Gasteiger partial charge in [-0.3, -0.25) is 4.79 Å². The lowest BCUT2D eigenvalue weighted by Crippen LogP contribution is -2.37. The number of nitrogens with two attached hydrogens (primary N) is 1. The van der Waals surface area contributed by atoms with E-state index in [1.165, 1.54) is 0 Å². The molecule has 1 saturated carbocycles.